The summed E-state index contributed by atoms with van der Waals surface area (Å²) in [7, 11) is -3.54. The van der Waals surface area contributed by atoms with Gasteiger partial charge in [0.15, 0.2) is 0 Å². The van der Waals surface area contributed by atoms with Gasteiger partial charge in [0.25, 0.3) is 0 Å². The summed E-state index contributed by atoms with van der Waals surface area (Å²) in [5.41, 5.74) is 3.36. The number of hydrogen-bond donors (Lipinski definition) is 1. The molecule has 0 heterocycles. The first-order valence-corrected chi connectivity index (χ1v) is 14.1. The SMILES string of the molecule is CCNC(=O)C(CC)N(Cc1ccc(Cl)cc1)C(=O)CCCN(c1cccc(C)c1C)S(C)(=O)=O. The molecule has 0 bridgehead atoms. The molecule has 9 heteroatoms. The lowest BCUT2D eigenvalue weighted by Crippen LogP contribution is -2.49. The number of rotatable bonds is 12. The lowest BCUT2D eigenvalue weighted by molar-refractivity contribution is -0.141. The number of hydrogen-bond acceptors (Lipinski definition) is 4. The number of sulfonamides is 1. The smallest absolute Gasteiger partial charge is 0.242 e. The van der Waals surface area contributed by atoms with Crippen molar-refractivity contribution in [3.8, 4) is 0 Å². The molecule has 2 aromatic carbocycles. The fourth-order valence-electron chi connectivity index (χ4n) is 3.99. The largest absolute Gasteiger partial charge is 0.355 e. The summed E-state index contributed by atoms with van der Waals surface area (Å²) in [4.78, 5) is 27.7. The van der Waals surface area contributed by atoms with E-state index >= 15 is 0 Å². The number of nitrogens with zero attached hydrogens (tertiary/aromatic N) is 2. The summed E-state index contributed by atoms with van der Waals surface area (Å²) >= 11 is 6.00. The summed E-state index contributed by atoms with van der Waals surface area (Å²) in [6.07, 6.45) is 2.07. The van der Waals surface area contributed by atoms with E-state index in [1.165, 1.54) is 10.6 Å². The van der Waals surface area contributed by atoms with Gasteiger partial charge in [-0.15, -0.1) is 0 Å². The van der Waals surface area contributed by atoms with Crippen LogP contribution in [0, 0.1) is 13.8 Å². The molecule has 1 unspecified atom stereocenters. The minimum atomic E-state index is -3.54. The van der Waals surface area contributed by atoms with Crippen molar-refractivity contribution in [1.82, 2.24) is 10.2 Å². The summed E-state index contributed by atoms with van der Waals surface area (Å²) in [5, 5.41) is 3.40. The Hall–Kier alpha value is -2.58. The molecule has 1 N–H and O–H groups in total. The molecule has 2 amide bonds. The molecule has 0 fully saturated rings. The van der Waals surface area contributed by atoms with E-state index in [2.05, 4.69) is 5.32 Å². The van der Waals surface area contributed by atoms with Crippen LogP contribution in [0.25, 0.3) is 0 Å². The van der Waals surface area contributed by atoms with E-state index in [0.29, 0.717) is 30.1 Å². The van der Waals surface area contributed by atoms with Gasteiger partial charge < -0.3 is 10.2 Å². The molecule has 0 saturated heterocycles. The first-order chi connectivity index (χ1) is 16.5. The predicted octanol–water partition coefficient (Wildman–Crippen LogP) is 4.45. The second kappa shape index (κ2) is 12.9. The number of benzene rings is 2. The predicted molar refractivity (Wildman–Crippen MR) is 142 cm³/mol. The molecule has 0 spiro atoms. The average Bonchev–Trinajstić information content (AvgIpc) is 2.79. The number of halogens is 1. The Morgan fingerprint density at radius 2 is 1.71 bits per heavy atom. The quantitative estimate of drug-likeness (QED) is 0.447. The van der Waals surface area contributed by atoms with Crippen LogP contribution in [0.3, 0.4) is 0 Å². The van der Waals surface area contributed by atoms with Crippen molar-refractivity contribution in [3.05, 3.63) is 64.2 Å². The zero-order valence-electron chi connectivity index (χ0n) is 21.2. The van der Waals surface area contributed by atoms with E-state index in [-0.39, 0.29) is 31.3 Å². The van der Waals surface area contributed by atoms with Crippen LogP contribution in [0.4, 0.5) is 5.69 Å². The van der Waals surface area contributed by atoms with E-state index in [1.807, 2.05) is 52.0 Å². The summed E-state index contributed by atoms with van der Waals surface area (Å²) in [6.45, 7) is 8.43. The molecule has 0 aromatic heterocycles. The molecule has 1 atom stereocenters. The molecule has 2 rings (SSSR count). The average molecular weight is 522 g/mol. The number of nitrogens with one attached hydrogen (secondary N) is 1. The molecule has 0 aliphatic heterocycles. The van der Waals surface area contributed by atoms with Crippen molar-refractivity contribution in [3.63, 3.8) is 0 Å². The van der Waals surface area contributed by atoms with Crippen LogP contribution < -0.4 is 9.62 Å². The highest BCUT2D eigenvalue weighted by molar-refractivity contribution is 7.92. The Bertz CT molecular complexity index is 1120. The maximum atomic E-state index is 13.4. The number of amides is 2. The molecule has 0 radical (unpaired) electrons. The van der Waals surface area contributed by atoms with Crippen molar-refractivity contribution < 1.29 is 18.0 Å². The monoisotopic (exact) mass is 521 g/mol. The standard InChI is InChI=1S/C26H36ClN3O4S/c1-6-23(26(32)28-7-2)29(18-21-13-15-22(27)16-14-21)25(31)12-9-17-30(35(5,33)34)24-11-8-10-19(3)20(24)4/h8,10-11,13-16,23H,6-7,9,12,17-18H2,1-5H3,(H,28,32). The zero-order chi connectivity index (χ0) is 26.2. The van der Waals surface area contributed by atoms with Crippen molar-refractivity contribution in [2.24, 2.45) is 0 Å². The molecule has 0 saturated carbocycles. The van der Waals surface area contributed by atoms with E-state index in [0.717, 1.165) is 16.7 Å². The number of carbonyl (C=O) groups excluding carboxylic acids is 2. The lowest BCUT2D eigenvalue weighted by atomic mass is 10.1. The molecule has 192 valence electrons. The third-order valence-electron chi connectivity index (χ3n) is 6.00. The number of aryl methyl sites for hydroxylation is 1. The third kappa shape index (κ3) is 7.97. The minimum Gasteiger partial charge on any atom is -0.355 e. The highest BCUT2D eigenvalue weighted by Crippen LogP contribution is 2.25. The highest BCUT2D eigenvalue weighted by atomic mass is 35.5. The van der Waals surface area contributed by atoms with Crippen LogP contribution in [0.1, 0.15) is 49.8 Å². The second-order valence-corrected chi connectivity index (χ2v) is 11.0. The highest BCUT2D eigenvalue weighted by Gasteiger charge is 2.28. The van der Waals surface area contributed by atoms with Crippen molar-refractivity contribution in [1.29, 1.82) is 0 Å². The Morgan fingerprint density at radius 3 is 2.29 bits per heavy atom. The second-order valence-electron chi connectivity index (χ2n) is 8.62. The van der Waals surface area contributed by atoms with E-state index in [1.54, 1.807) is 23.1 Å². The Labute approximate surface area is 214 Å². The topological polar surface area (TPSA) is 86.8 Å². The van der Waals surface area contributed by atoms with Gasteiger partial charge in [-0.2, -0.15) is 0 Å². The normalized spacial score (nSPS) is 12.2. The minimum absolute atomic E-state index is 0.111. The Balaban J connectivity index is 2.23. The first kappa shape index (κ1) is 28.7. The van der Waals surface area contributed by atoms with Crippen LogP contribution in [-0.4, -0.2) is 50.5 Å². The van der Waals surface area contributed by atoms with E-state index in [9.17, 15) is 18.0 Å². The van der Waals surface area contributed by atoms with Crippen molar-refractivity contribution >= 4 is 39.1 Å². The van der Waals surface area contributed by atoms with Gasteiger partial charge in [0.1, 0.15) is 6.04 Å². The third-order valence-corrected chi connectivity index (χ3v) is 7.43. The maximum absolute atomic E-state index is 13.4. The van der Waals surface area contributed by atoms with Crippen LogP contribution in [-0.2, 0) is 26.2 Å². The van der Waals surface area contributed by atoms with Gasteiger partial charge in [0, 0.05) is 31.1 Å². The van der Waals surface area contributed by atoms with Gasteiger partial charge in [-0.3, -0.25) is 13.9 Å². The van der Waals surface area contributed by atoms with Gasteiger partial charge in [0.05, 0.1) is 11.9 Å². The molecule has 0 aliphatic rings. The number of carbonyl (C=O) groups is 2. The van der Waals surface area contributed by atoms with Crippen LogP contribution in [0.15, 0.2) is 42.5 Å². The lowest BCUT2D eigenvalue weighted by Gasteiger charge is -2.31. The van der Waals surface area contributed by atoms with E-state index in [4.69, 9.17) is 11.6 Å². The first-order valence-electron chi connectivity index (χ1n) is 11.8. The molecular formula is C26H36ClN3O4S. The van der Waals surface area contributed by atoms with Crippen LogP contribution >= 0.6 is 11.6 Å². The van der Waals surface area contributed by atoms with Crippen LogP contribution in [0.5, 0.6) is 0 Å². The molecule has 2 aromatic rings. The fourth-order valence-corrected chi connectivity index (χ4v) is 5.13. The molecule has 0 aliphatic carbocycles. The summed E-state index contributed by atoms with van der Waals surface area (Å²) < 4.78 is 26.5. The van der Waals surface area contributed by atoms with Crippen molar-refractivity contribution in [2.45, 2.75) is 59.5 Å². The Kier molecular flexibility index (Phi) is 10.6. The number of likely N-dealkylation sites (N-methyl/N-ethyl adjacent to an activating group) is 1. The van der Waals surface area contributed by atoms with Gasteiger partial charge in [-0.25, -0.2) is 8.42 Å². The fraction of sp³-hybridized carbons (Fsp3) is 0.462. The van der Waals surface area contributed by atoms with Crippen molar-refractivity contribution in [2.75, 3.05) is 23.7 Å². The van der Waals surface area contributed by atoms with E-state index < -0.39 is 16.1 Å². The van der Waals surface area contributed by atoms with Gasteiger partial charge in [-0.05, 0) is 68.5 Å². The van der Waals surface area contributed by atoms with Gasteiger partial charge >= 0.3 is 0 Å². The summed E-state index contributed by atoms with van der Waals surface area (Å²) in [6, 6.07) is 12.1. The maximum Gasteiger partial charge on any atom is 0.242 e. The van der Waals surface area contributed by atoms with Gasteiger partial charge in [0.2, 0.25) is 21.8 Å². The zero-order valence-corrected chi connectivity index (χ0v) is 22.7. The molecule has 35 heavy (non-hydrogen) atoms. The van der Waals surface area contributed by atoms with Crippen LogP contribution in [0.2, 0.25) is 5.02 Å². The summed E-state index contributed by atoms with van der Waals surface area (Å²) in [5.74, 6) is -0.405. The molecule has 7 nitrogen and oxygen atoms in total. The number of anilines is 1. The molecular weight excluding hydrogens is 486 g/mol. The Morgan fingerprint density at radius 1 is 1.06 bits per heavy atom. The van der Waals surface area contributed by atoms with Gasteiger partial charge in [-0.1, -0.05) is 42.8 Å².